The summed E-state index contributed by atoms with van der Waals surface area (Å²) in [4.78, 5) is 13.8. The summed E-state index contributed by atoms with van der Waals surface area (Å²) in [6.07, 6.45) is 1.98. The van der Waals surface area contributed by atoms with Crippen molar-refractivity contribution in [2.45, 2.75) is 10.8 Å². The van der Waals surface area contributed by atoms with Crippen LogP contribution >= 0.6 is 11.8 Å². The Morgan fingerprint density at radius 1 is 1.15 bits per heavy atom. The highest BCUT2D eigenvalue weighted by Crippen LogP contribution is 2.43. The number of nitrogens with zero attached hydrogens (tertiary/aromatic N) is 1. The molecule has 3 aromatic rings. The second-order valence-corrected chi connectivity index (χ2v) is 6.71. The molecule has 2 aromatic carbocycles. The maximum Gasteiger partial charge on any atom is 0.344 e. The lowest BCUT2D eigenvalue weighted by atomic mass is 9.84. The van der Waals surface area contributed by atoms with Gasteiger partial charge in [-0.1, -0.05) is 24.3 Å². The van der Waals surface area contributed by atoms with Gasteiger partial charge >= 0.3 is 5.63 Å². The number of thioether (sulfide) groups is 1. The van der Waals surface area contributed by atoms with E-state index in [1.54, 1.807) is 30.0 Å². The molecule has 0 saturated carbocycles. The van der Waals surface area contributed by atoms with Gasteiger partial charge in [-0.2, -0.15) is 5.26 Å². The van der Waals surface area contributed by atoms with Crippen LogP contribution in [0.3, 0.4) is 0 Å². The van der Waals surface area contributed by atoms with E-state index in [9.17, 15) is 10.1 Å². The van der Waals surface area contributed by atoms with Crippen molar-refractivity contribution in [3.05, 3.63) is 81.5 Å². The SMILES string of the molecule is CSc1ccc([C@H]2C(C#N)=C(N)Oc3c2c(=O)oc2ccccc32)cc1. The van der Waals surface area contributed by atoms with Crippen molar-refractivity contribution in [3.63, 3.8) is 0 Å². The number of hydrogen-bond acceptors (Lipinski definition) is 6. The third kappa shape index (κ3) is 2.45. The molecule has 0 aliphatic carbocycles. The third-order valence-electron chi connectivity index (χ3n) is 4.42. The van der Waals surface area contributed by atoms with Crippen LogP contribution in [0.5, 0.6) is 5.75 Å². The van der Waals surface area contributed by atoms with Crippen molar-refractivity contribution >= 4 is 22.7 Å². The van der Waals surface area contributed by atoms with Gasteiger partial charge in [-0.25, -0.2) is 4.79 Å². The van der Waals surface area contributed by atoms with Gasteiger partial charge in [0.25, 0.3) is 0 Å². The van der Waals surface area contributed by atoms with Crippen molar-refractivity contribution in [3.8, 4) is 11.8 Å². The molecule has 0 amide bonds. The van der Waals surface area contributed by atoms with Gasteiger partial charge in [0.15, 0.2) is 5.75 Å². The van der Waals surface area contributed by atoms with Gasteiger partial charge in [0.1, 0.15) is 17.2 Å². The van der Waals surface area contributed by atoms with Crippen LogP contribution < -0.4 is 16.1 Å². The van der Waals surface area contributed by atoms with Gasteiger partial charge in [-0.05, 0) is 36.1 Å². The fourth-order valence-electron chi connectivity index (χ4n) is 3.20. The van der Waals surface area contributed by atoms with Crippen molar-refractivity contribution in [2.75, 3.05) is 6.26 Å². The number of rotatable bonds is 2. The van der Waals surface area contributed by atoms with E-state index in [1.165, 1.54) is 0 Å². The molecule has 0 saturated heterocycles. The predicted octanol–water partition coefficient (Wildman–Crippen LogP) is 3.73. The van der Waals surface area contributed by atoms with Crippen LogP contribution in [0.2, 0.25) is 0 Å². The second-order valence-electron chi connectivity index (χ2n) is 5.83. The summed E-state index contributed by atoms with van der Waals surface area (Å²) >= 11 is 1.62. The largest absolute Gasteiger partial charge is 0.439 e. The van der Waals surface area contributed by atoms with Gasteiger partial charge in [-0.3, -0.25) is 0 Å². The molecule has 0 spiro atoms. The lowest BCUT2D eigenvalue weighted by Gasteiger charge is -2.26. The Morgan fingerprint density at radius 3 is 2.58 bits per heavy atom. The second kappa shape index (κ2) is 6.28. The number of para-hydroxylation sites is 1. The predicted molar refractivity (Wildman–Crippen MR) is 100 cm³/mol. The number of ether oxygens (including phenoxy) is 1. The van der Waals surface area contributed by atoms with Gasteiger partial charge in [0, 0.05) is 4.90 Å². The zero-order valence-electron chi connectivity index (χ0n) is 13.9. The minimum Gasteiger partial charge on any atom is -0.439 e. The summed E-state index contributed by atoms with van der Waals surface area (Å²) in [7, 11) is 0. The molecule has 2 heterocycles. The van der Waals surface area contributed by atoms with E-state index in [2.05, 4.69) is 6.07 Å². The van der Waals surface area contributed by atoms with Crippen molar-refractivity contribution in [1.82, 2.24) is 0 Å². The fraction of sp³-hybridized carbons (Fsp3) is 0.100. The molecule has 1 aromatic heterocycles. The first-order valence-electron chi connectivity index (χ1n) is 7.91. The zero-order valence-corrected chi connectivity index (χ0v) is 14.7. The smallest absolute Gasteiger partial charge is 0.344 e. The zero-order chi connectivity index (χ0) is 18.3. The van der Waals surface area contributed by atoms with Crippen LogP contribution in [-0.4, -0.2) is 6.26 Å². The minimum absolute atomic E-state index is 0.00898. The molecule has 4 rings (SSSR count). The highest BCUT2D eigenvalue weighted by Gasteiger charge is 2.35. The average Bonchev–Trinajstić information content (AvgIpc) is 2.67. The Hall–Kier alpha value is -3.17. The van der Waals surface area contributed by atoms with E-state index in [4.69, 9.17) is 14.9 Å². The van der Waals surface area contributed by atoms with Gasteiger partial charge in [0.2, 0.25) is 5.88 Å². The molecule has 26 heavy (non-hydrogen) atoms. The normalized spacial score (nSPS) is 16.1. The Kier molecular flexibility index (Phi) is 3.94. The van der Waals surface area contributed by atoms with E-state index in [0.29, 0.717) is 22.3 Å². The summed E-state index contributed by atoms with van der Waals surface area (Å²) in [6, 6.07) is 16.9. The van der Waals surface area contributed by atoms with Gasteiger partial charge < -0.3 is 14.9 Å². The number of hydrogen-bond donors (Lipinski definition) is 1. The molecule has 2 N–H and O–H groups in total. The van der Waals surface area contributed by atoms with E-state index in [0.717, 1.165) is 10.5 Å². The van der Waals surface area contributed by atoms with Gasteiger partial charge in [0.05, 0.1) is 16.9 Å². The molecule has 6 heteroatoms. The maximum absolute atomic E-state index is 12.7. The lowest BCUT2D eigenvalue weighted by molar-refractivity contribution is 0.388. The maximum atomic E-state index is 12.7. The molecule has 1 atom stereocenters. The summed E-state index contributed by atoms with van der Waals surface area (Å²) in [5.74, 6) is -0.262. The van der Waals surface area contributed by atoms with E-state index >= 15 is 0 Å². The summed E-state index contributed by atoms with van der Waals surface area (Å²) in [5, 5.41) is 10.3. The fourth-order valence-corrected chi connectivity index (χ4v) is 3.60. The highest BCUT2D eigenvalue weighted by atomic mass is 32.2. The van der Waals surface area contributed by atoms with Crippen molar-refractivity contribution in [2.24, 2.45) is 5.73 Å². The van der Waals surface area contributed by atoms with Crippen LogP contribution in [0, 0.1) is 11.3 Å². The van der Waals surface area contributed by atoms with Crippen LogP contribution in [0.15, 0.2) is 74.1 Å². The molecule has 1 aliphatic rings. The summed E-state index contributed by atoms with van der Waals surface area (Å²) in [6.45, 7) is 0. The first-order chi connectivity index (χ1) is 12.6. The standard InChI is InChI=1S/C20H14N2O3S/c1-26-12-8-6-11(7-9-12)16-14(10-21)19(22)25-18-13-4-2-3-5-15(13)24-20(23)17(16)18/h2-9,16H,22H2,1H3/t16-/m0/s1. The Bertz CT molecular complexity index is 1140. The molecule has 128 valence electrons. The number of nitriles is 1. The molecule has 5 nitrogen and oxygen atoms in total. The quantitative estimate of drug-likeness (QED) is 0.552. The monoisotopic (exact) mass is 362 g/mol. The number of fused-ring (bicyclic) bond motifs is 3. The lowest BCUT2D eigenvalue weighted by Crippen LogP contribution is -2.26. The number of nitrogens with two attached hydrogens (primary N) is 1. The number of allylic oxidation sites excluding steroid dienone is 1. The van der Waals surface area contributed by atoms with Crippen LogP contribution in [0.4, 0.5) is 0 Å². The van der Waals surface area contributed by atoms with Crippen LogP contribution in [0.25, 0.3) is 11.0 Å². The Balaban J connectivity index is 2.03. The first kappa shape index (κ1) is 16.3. The molecular weight excluding hydrogens is 348 g/mol. The van der Waals surface area contributed by atoms with Crippen molar-refractivity contribution in [1.29, 1.82) is 5.26 Å². The molecule has 0 fully saturated rings. The van der Waals surface area contributed by atoms with Crippen LogP contribution in [0.1, 0.15) is 17.0 Å². The minimum atomic E-state index is -0.625. The molecule has 0 bridgehead atoms. The molecule has 0 unspecified atom stereocenters. The average molecular weight is 362 g/mol. The Labute approximate surface area is 153 Å². The number of benzene rings is 2. The van der Waals surface area contributed by atoms with Crippen LogP contribution in [-0.2, 0) is 0 Å². The molecular formula is C20H14N2O3S. The Morgan fingerprint density at radius 2 is 1.88 bits per heavy atom. The van der Waals surface area contributed by atoms with E-state index in [1.807, 2.05) is 36.6 Å². The highest BCUT2D eigenvalue weighted by molar-refractivity contribution is 7.98. The topological polar surface area (TPSA) is 89.3 Å². The van der Waals surface area contributed by atoms with E-state index < -0.39 is 11.5 Å². The molecule has 1 aliphatic heterocycles. The first-order valence-corrected chi connectivity index (χ1v) is 9.13. The third-order valence-corrected chi connectivity index (χ3v) is 5.17. The summed E-state index contributed by atoms with van der Waals surface area (Å²) in [5.41, 5.74) is 7.20. The van der Waals surface area contributed by atoms with Crippen molar-refractivity contribution < 1.29 is 9.15 Å². The summed E-state index contributed by atoms with van der Waals surface area (Å²) < 4.78 is 11.2. The molecule has 0 radical (unpaired) electrons. The van der Waals surface area contributed by atoms with E-state index in [-0.39, 0.29) is 11.5 Å². The van der Waals surface area contributed by atoms with Gasteiger partial charge in [-0.15, -0.1) is 11.8 Å².